The van der Waals surface area contributed by atoms with Gasteiger partial charge in [-0.15, -0.1) is 0 Å². The highest BCUT2D eigenvalue weighted by atomic mass is 16.7. The van der Waals surface area contributed by atoms with Gasteiger partial charge in [0, 0.05) is 0 Å². The monoisotopic (exact) mass is 384 g/mol. The lowest BCUT2D eigenvalue weighted by atomic mass is 9.97. The molecule has 11 nitrogen and oxygen atoms in total. The maximum atomic E-state index is 10.4. The summed E-state index contributed by atoms with van der Waals surface area (Å²) in [5.41, 5.74) is 0. The zero-order chi connectivity index (χ0) is 19.6. The average molecular weight is 384 g/mol. The van der Waals surface area contributed by atoms with Crippen molar-refractivity contribution in [1.82, 2.24) is 0 Å². The first kappa shape index (κ1) is 21.9. The Kier molecular flexibility index (Phi) is 7.71. The summed E-state index contributed by atoms with van der Waals surface area (Å²) in [4.78, 5) is 0. The minimum Gasteiger partial charge on any atom is -0.394 e. The molecule has 0 unspecified atom stereocenters. The molecular formula is C15H28O11. The highest BCUT2D eigenvalue weighted by Gasteiger charge is 2.49. The second-order valence-corrected chi connectivity index (χ2v) is 6.60. The van der Waals surface area contributed by atoms with Crippen LogP contribution in [0.5, 0.6) is 0 Å². The van der Waals surface area contributed by atoms with E-state index in [9.17, 15) is 25.5 Å². The number of rotatable bonds is 6. The molecule has 2 fully saturated rings. The van der Waals surface area contributed by atoms with E-state index < -0.39 is 80.7 Å². The largest absolute Gasteiger partial charge is 0.394 e. The number of aliphatic hydroxyl groups is 7. The predicted octanol–water partition coefficient (Wildman–Crippen LogP) is -3.96. The molecule has 0 radical (unpaired) electrons. The molecule has 0 aromatic carbocycles. The van der Waals surface area contributed by atoms with Gasteiger partial charge in [-0.05, 0) is 13.8 Å². The predicted molar refractivity (Wildman–Crippen MR) is 82.6 cm³/mol. The first-order chi connectivity index (χ1) is 12.2. The van der Waals surface area contributed by atoms with Gasteiger partial charge in [0.05, 0.1) is 25.4 Å². The topological polar surface area (TPSA) is 179 Å². The van der Waals surface area contributed by atoms with Crippen LogP contribution in [0.15, 0.2) is 0 Å². The Hall–Kier alpha value is -0.440. The molecule has 2 rings (SSSR count). The summed E-state index contributed by atoms with van der Waals surface area (Å²) >= 11 is 0. The molecule has 7 N–H and O–H groups in total. The highest BCUT2D eigenvalue weighted by molar-refractivity contribution is 4.92. The summed E-state index contributed by atoms with van der Waals surface area (Å²) in [6, 6.07) is 0. The normalized spacial score (nSPS) is 47.3. The molecule has 0 aliphatic carbocycles. The van der Waals surface area contributed by atoms with Crippen molar-refractivity contribution in [2.24, 2.45) is 0 Å². The van der Waals surface area contributed by atoms with Crippen molar-refractivity contribution in [3.8, 4) is 0 Å². The molecule has 2 aliphatic heterocycles. The van der Waals surface area contributed by atoms with Gasteiger partial charge in [-0.2, -0.15) is 0 Å². The number of hydrogen-bond donors (Lipinski definition) is 7. The molecule has 0 spiro atoms. The van der Waals surface area contributed by atoms with Crippen molar-refractivity contribution in [3.63, 3.8) is 0 Å². The van der Waals surface area contributed by atoms with Crippen LogP contribution in [-0.4, -0.2) is 116 Å². The molecule has 2 saturated heterocycles. The molecule has 154 valence electrons. The zero-order valence-electron chi connectivity index (χ0n) is 14.5. The van der Waals surface area contributed by atoms with E-state index in [4.69, 9.17) is 29.2 Å². The summed E-state index contributed by atoms with van der Waals surface area (Å²) in [5.74, 6) is 0. The molecule has 0 aromatic heterocycles. The highest BCUT2D eigenvalue weighted by Crippen LogP contribution is 2.29. The molecule has 26 heavy (non-hydrogen) atoms. The number of ether oxygens (including phenoxy) is 4. The number of hydrogen-bond acceptors (Lipinski definition) is 11. The quantitative estimate of drug-likeness (QED) is 0.237. The Morgan fingerprint density at radius 1 is 0.731 bits per heavy atom. The van der Waals surface area contributed by atoms with E-state index in [2.05, 4.69) is 0 Å². The van der Waals surface area contributed by atoms with E-state index in [0.29, 0.717) is 0 Å². The van der Waals surface area contributed by atoms with Crippen molar-refractivity contribution in [3.05, 3.63) is 0 Å². The molecule has 11 heteroatoms. The first-order valence-electron chi connectivity index (χ1n) is 8.45. The minimum absolute atomic E-state index is 0.516. The van der Waals surface area contributed by atoms with Crippen LogP contribution >= 0.6 is 0 Å². The molecule has 0 amide bonds. The van der Waals surface area contributed by atoms with Crippen LogP contribution in [-0.2, 0) is 18.9 Å². The molecular weight excluding hydrogens is 356 g/mol. The molecule has 0 bridgehead atoms. The molecule has 2 aliphatic rings. The fourth-order valence-electron chi connectivity index (χ4n) is 2.88. The van der Waals surface area contributed by atoms with Crippen LogP contribution in [0.2, 0.25) is 0 Å². The van der Waals surface area contributed by atoms with Crippen molar-refractivity contribution in [1.29, 1.82) is 0 Å². The fourth-order valence-corrected chi connectivity index (χ4v) is 2.88. The molecule has 0 aromatic rings. The first-order valence-corrected chi connectivity index (χ1v) is 8.45. The minimum atomic E-state index is -1.61. The van der Waals surface area contributed by atoms with Crippen LogP contribution in [0.1, 0.15) is 13.8 Å². The lowest BCUT2D eigenvalue weighted by Crippen LogP contribution is -2.63. The Morgan fingerprint density at radius 3 is 1.85 bits per heavy atom. The van der Waals surface area contributed by atoms with E-state index >= 15 is 0 Å². The third-order valence-electron chi connectivity index (χ3n) is 4.62. The van der Waals surface area contributed by atoms with E-state index in [1.807, 2.05) is 0 Å². The van der Waals surface area contributed by atoms with E-state index in [-0.39, 0.29) is 0 Å². The summed E-state index contributed by atoms with van der Waals surface area (Å²) in [5, 5.41) is 68.4. The van der Waals surface area contributed by atoms with Gasteiger partial charge in [-0.25, -0.2) is 0 Å². The van der Waals surface area contributed by atoms with Crippen molar-refractivity contribution < 1.29 is 54.7 Å². The SMILES string of the molecule is C[C@@H]1O[C@@H](O[C@@H]2[C@@H](O)[C@H](C)O[C@@H](OC(CO)CO)[C@@H]2O)[C@H](O)[C@H](O)[C@H]1O. The second kappa shape index (κ2) is 9.17. The van der Waals surface area contributed by atoms with E-state index in [1.165, 1.54) is 13.8 Å². The lowest BCUT2D eigenvalue weighted by molar-refractivity contribution is -0.359. The molecule has 2 heterocycles. The summed E-state index contributed by atoms with van der Waals surface area (Å²) in [7, 11) is 0. The van der Waals surface area contributed by atoms with E-state index in [0.717, 1.165) is 0 Å². The third kappa shape index (κ3) is 4.51. The summed E-state index contributed by atoms with van der Waals surface area (Å²) in [6.45, 7) is 1.93. The smallest absolute Gasteiger partial charge is 0.187 e. The molecule has 10 atom stereocenters. The molecule has 0 saturated carbocycles. The van der Waals surface area contributed by atoms with Gasteiger partial charge in [0.15, 0.2) is 12.6 Å². The van der Waals surface area contributed by atoms with Crippen molar-refractivity contribution >= 4 is 0 Å². The van der Waals surface area contributed by atoms with Gasteiger partial charge < -0.3 is 54.7 Å². The average Bonchev–Trinajstić information content (AvgIpc) is 2.62. The summed E-state index contributed by atoms with van der Waals surface area (Å²) < 4.78 is 21.4. The Morgan fingerprint density at radius 2 is 1.27 bits per heavy atom. The van der Waals surface area contributed by atoms with Gasteiger partial charge >= 0.3 is 0 Å². The fraction of sp³-hybridized carbons (Fsp3) is 1.00. The van der Waals surface area contributed by atoms with Crippen molar-refractivity contribution in [2.75, 3.05) is 13.2 Å². The Labute approximate surface area is 150 Å². The maximum absolute atomic E-state index is 10.4. The second-order valence-electron chi connectivity index (χ2n) is 6.60. The standard InChI is InChI=1S/C15H28O11/c1-5-8(18)10(20)11(21)14(23-5)26-13-9(19)6(2)24-15(12(13)22)25-7(3-16)4-17/h5-22H,3-4H2,1-2H3/t5-,6-,8-,9-,10+,11+,12+,13+,14-,15-/m0/s1. The van der Waals surface area contributed by atoms with Crippen LogP contribution < -0.4 is 0 Å². The van der Waals surface area contributed by atoms with Gasteiger partial charge in [0.2, 0.25) is 0 Å². The van der Waals surface area contributed by atoms with Gasteiger partial charge in [-0.3, -0.25) is 0 Å². The summed E-state index contributed by atoms with van der Waals surface area (Å²) in [6.07, 6.45) is -14.1. The van der Waals surface area contributed by atoms with Crippen LogP contribution in [0.3, 0.4) is 0 Å². The van der Waals surface area contributed by atoms with Crippen molar-refractivity contribution in [2.45, 2.75) is 81.4 Å². The zero-order valence-corrected chi connectivity index (χ0v) is 14.5. The van der Waals surface area contributed by atoms with E-state index in [1.54, 1.807) is 0 Å². The van der Waals surface area contributed by atoms with Gasteiger partial charge in [-0.1, -0.05) is 0 Å². The van der Waals surface area contributed by atoms with Crippen LogP contribution in [0.4, 0.5) is 0 Å². The van der Waals surface area contributed by atoms with Gasteiger partial charge in [0.1, 0.15) is 42.7 Å². The van der Waals surface area contributed by atoms with Crippen LogP contribution in [0.25, 0.3) is 0 Å². The third-order valence-corrected chi connectivity index (χ3v) is 4.62. The number of aliphatic hydroxyl groups excluding tert-OH is 7. The van der Waals surface area contributed by atoms with Gasteiger partial charge in [0.25, 0.3) is 0 Å². The maximum Gasteiger partial charge on any atom is 0.187 e. The lowest BCUT2D eigenvalue weighted by Gasteiger charge is -2.45. The Bertz CT molecular complexity index is 434. The Balaban J connectivity index is 2.10. The van der Waals surface area contributed by atoms with Crippen LogP contribution in [0, 0.1) is 0 Å².